The molecule has 0 bridgehead atoms. The van der Waals surface area contributed by atoms with Crippen LogP contribution in [0.15, 0.2) is 21.5 Å². The standard InChI is InChI=1S/C14H12BrNO5S2/c1-6(13(19)20)16-12(18)10(23-14(16)22)5-7-3-8(15)11(17)9(4-7)21-2/h3-6,17H,1-2H3,(H,19,20)/p-1/t6-/m0/s1. The maximum atomic E-state index is 12.3. The van der Waals surface area contributed by atoms with Crippen molar-refractivity contribution in [2.45, 2.75) is 13.0 Å². The molecular weight excluding hydrogens is 406 g/mol. The van der Waals surface area contributed by atoms with Crippen LogP contribution in [-0.4, -0.2) is 39.4 Å². The minimum Gasteiger partial charge on any atom is -0.548 e. The molecule has 0 spiro atoms. The van der Waals surface area contributed by atoms with E-state index >= 15 is 0 Å². The van der Waals surface area contributed by atoms with Gasteiger partial charge < -0.3 is 19.7 Å². The number of thioether (sulfide) groups is 1. The number of carbonyl (C=O) groups is 2. The number of amides is 1. The maximum Gasteiger partial charge on any atom is 0.266 e. The molecule has 1 heterocycles. The largest absolute Gasteiger partial charge is 0.548 e. The molecule has 0 aliphatic carbocycles. The Morgan fingerprint density at radius 2 is 2.22 bits per heavy atom. The van der Waals surface area contributed by atoms with Gasteiger partial charge in [0.05, 0.1) is 28.5 Å². The highest BCUT2D eigenvalue weighted by Crippen LogP contribution is 2.38. The predicted molar refractivity (Wildman–Crippen MR) is 91.8 cm³/mol. The molecule has 1 N–H and O–H groups in total. The number of halogens is 1. The van der Waals surface area contributed by atoms with Gasteiger partial charge in [-0.2, -0.15) is 0 Å². The highest BCUT2D eigenvalue weighted by Gasteiger charge is 2.35. The zero-order valence-electron chi connectivity index (χ0n) is 12.0. The van der Waals surface area contributed by atoms with Gasteiger partial charge in [-0.05, 0) is 46.6 Å². The number of phenolic OH excluding ortho intramolecular Hbond substituents is 1. The molecule has 0 saturated carbocycles. The number of hydrogen-bond donors (Lipinski definition) is 1. The fraction of sp³-hybridized carbons (Fsp3) is 0.214. The van der Waals surface area contributed by atoms with Crippen LogP contribution < -0.4 is 9.84 Å². The van der Waals surface area contributed by atoms with E-state index < -0.39 is 17.9 Å². The van der Waals surface area contributed by atoms with Crippen LogP contribution in [0, 0.1) is 0 Å². The lowest BCUT2D eigenvalue weighted by atomic mass is 10.1. The monoisotopic (exact) mass is 416 g/mol. The summed E-state index contributed by atoms with van der Waals surface area (Å²) in [5.74, 6) is -1.69. The summed E-state index contributed by atoms with van der Waals surface area (Å²) in [4.78, 5) is 24.6. The van der Waals surface area contributed by atoms with E-state index in [1.54, 1.807) is 18.2 Å². The minimum atomic E-state index is -1.38. The number of carboxylic acid groups (broad SMARTS) is 1. The Balaban J connectivity index is 2.38. The lowest BCUT2D eigenvalue weighted by Gasteiger charge is -2.23. The predicted octanol–water partition coefficient (Wildman–Crippen LogP) is 1.50. The van der Waals surface area contributed by atoms with E-state index in [1.165, 1.54) is 14.0 Å². The van der Waals surface area contributed by atoms with Crippen LogP contribution in [0.2, 0.25) is 0 Å². The van der Waals surface area contributed by atoms with Crippen molar-refractivity contribution in [2.24, 2.45) is 0 Å². The van der Waals surface area contributed by atoms with Crippen LogP contribution in [0.25, 0.3) is 6.08 Å². The van der Waals surface area contributed by atoms with Crippen LogP contribution in [0.1, 0.15) is 12.5 Å². The molecule has 1 atom stereocenters. The van der Waals surface area contributed by atoms with Crippen molar-refractivity contribution < 1.29 is 24.5 Å². The molecular formula is C14H11BrNO5S2-. The molecule has 1 aliphatic rings. The topological polar surface area (TPSA) is 89.9 Å². The van der Waals surface area contributed by atoms with Gasteiger partial charge in [0.2, 0.25) is 0 Å². The Labute approximate surface area is 150 Å². The van der Waals surface area contributed by atoms with Crippen LogP contribution in [-0.2, 0) is 9.59 Å². The fourth-order valence-corrected chi connectivity index (χ4v) is 3.78. The summed E-state index contributed by atoms with van der Waals surface area (Å²) in [7, 11) is 1.41. The van der Waals surface area contributed by atoms with Gasteiger partial charge in [0, 0.05) is 0 Å². The summed E-state index contributed by atoms with van der Waals surface area (Å²) < 4.78 is 5.61. The molecule has 9 heteroatoms. The Hall–Kier alpha value is -1.58. The summed E-state index contributed by atoms with van der Waals surface area (Å²) in [5, 5.41) is 20.8. The Kier molecular flexibility index (Phi) is 5.33. The molecule has 0 unspecified atom stereocenters. The number of carboxylic acids is 1. The van der Waals surface area contributed by atoms with Gasteiger partial charge in [0.15, 0.2) is 11.5 Å². The van der Waals surface area contributed by atoms with Crippen molar-refractivity contribution >= 4 is 62.2 Å². The van der Waals surface area contributed by atoms with Crippen molar-refractivity contribution in [3.8, 4) is 11.5 Å². The average Bonchev–Trinajstić information content (AvgIpc) is 2.76. The molecule has 2 rings (SSSR count). The van der Waals surface area contributed by atoms with Crippen LogP contribution in [0.4, 0.5) is 0 Å². The molecule has 1 aromatic carbocycles. The van der Waals surface area contributed by atoms with E-state index in [1.807, 2.05) is 0 Å². The number of benzene rings is 1. The van der Waals surface area contributed by atoms with Gasteiger partial charge in [-0.25, -0.2) is 0 Å². The normalized spacial score (nSPS) is 17.7. The number of hydrogen-bond acceptors (Lipinski definition) is 7. The molecule has 23 heavy (non-hydrogen) atoms. The number of thiocarbonyl (C=S) groups is 1. The van der Waals surface area contributed by atoms with Crippen molar-refractivity contribution in [1.82, 2.24) is 4.90 Å². The second-order valence-corrected chi connectivity index (χ2v) is 7.13. The zero-order chi connectivity index (χ0) is 17.3. The first-order chi connectivity index (χ1) is 10.8. The SMILES string of the molecule is COc1cc(C=C2SC(=S)N([C@@H](C)C(=O)[O-])C2=O)cc(Br)c1O. The highest BCUT2D eigenvalue weighted by molar-refractivity contribution is 9.10. The third-order valence-electron chi connectivity index (χ3n) is 3.12. The first-order valence-corrected chi connectivity index (χ1v) is 8.32. The number of rotatable bonds is 4. The van der Waals surface area contributed by atoms with E-state index in [2.05, 4.69) is 15.9 Å². The molecule has 0 aromatic heterocycles. The van der Waals surface area contributed by atoms with Gasteiger partial charge in [-0.3, -0.25) is 9.69 Å². The van der Waals surface area contributed by atoms with Crippen molar-refractivity contribution in [1.29, 1.82) is 0 Å². The second kappa shape index (κ2) is 6.90. The average molecular weight is 417 g/mol. The Bertz CT molecular complexity index is 734. The van der Waals surface area contributed by atoms with Crippen LogP contribution in [0.5, 0.6) is 11.5 Å². The number of phenols is 1. The molecule has 1 aromatic rings. The van der Waals surface area contributed by atoms with Crippen molar-refractivity contribution in [2.75, 3.05) is 7.11 Å². The van der Waals surface area contributed by atoms with E-state index in [0.717, 1.165) is 16.7 Å². The quantitative estimate of drug-likeness (QED) is 0.587. The maximum absolute atomic E-state index is 12.3. The lowest BCUT2D eigenvalue weighted by Crippen LogP contribution is -2.48. The third-order valence-corrected chi connectivity index (χ3v) is 5.06. The van der Waals surface area contributed by atoms with Crippen LogP contribution >= 0.6 is 39.9 Å². The van der Waals surface area contributed by atoms with Gasteiger partial charge >= 0.3 is 0 Å². The van der Waals surface area contributed by atoms with Gasteiger partial charge in [-0.15, -0.1) is 0 Å². The number of aliphatic carboxylic acids is 1. The fourth-order valence-electron chi connectivity index (χ4n) is 1.90. The molecule has 122 valence electrons. The number of nitrogens with zero attached hydrogens (tertiary/aromatic N) is 1. The summed E-state index contributed by atoms with van der Waals surface area (Å²) in [5.41, 5.74) is 0.591. The molecule has 1 saturated heterocycles. The molecule has 1 fully saturated rings. The van der Waals surface area contributed by atoms with Gasteiger partial charge in [-0.1, -0.05) is 24.0 Å². The third kappa shape index (κ3) is 3.51. The summed E-state index contributed by atoms with van der Waals surface area (Å²) >= 11 is 9.26. The second-order valence-electron chi connectivity index (χ2n) is 4.60. The van der Waals surface area contributed by atoms with E-state index in [-0.39, 0.29) is 20.7 Å². The van der Waals surface area contributed by atoms with E-state index in [0.29, 0.717) is 10.0 Å². The van der Waals surface area contributed by atoms with E-state index in [4.69, 9.17) is 17.0 Å². The van der Waals surface area contributed by atoms with Crippen LogP contribution in [0.3, 0.4) is 0 Å². The number of ether oxygens (including phenoxy) is 1. The Morgan fingerprint density at radius 1 is 1.57 bits per heavy atom. The van der Waals surface area contributed by atoms with Crippen molar-refractivity contribution in [3.05, 3.63) is 27.1 Å². The zero-order valence-corrected chi connectivity index (χ0v) is 15.3. The van der Waals surface area contributed by atoms with Gasteiger partial charge in [0.1, 0.15) is 4.32 Å². The summed E-state index contributed by atoms with van der Waals surface area (Å²) in [6.07, 6.45) is 1.55. The first kappa shape index (κ1) is 17.8. The van der Waals surface area contributed by atoms with Crippen molar-refractivity contribution in [3.63, 3.8) is 0 Å². The highest BCUT2D eigenvalue weighted by atomic mass is 79.9. The summed E-state index contributed by atoms with van der Waals surface area (Å²) in [6.45, 7) is 1.34. The van der Waals surface area contributed by atoms with E-state index in [9.17, 15) is 19.8 Å². The molecule has 1 aliphatic heterocycles. The minimum absolute atomic E-state index is 0.0530. The number of methoxy groups -OCH3 is 1. The van der Waals surface area contributed by atoms with Gasteiger partial charge in [0.25, 0.3) is 5.91 Å². The molecule has 6 nitrogen and oxygen atoms in total. The number of carbonyl (C=O) groups excluding carboxylic acids is 2. The summed E-state index contributed by atoms with van der Waals surface area (Å²) in [6, 6.07) is 2.01. The molecule has 0 radical (unpaired) electrons. The lowest BCUT2D eigenvalue weighted by molar-refractivity contribution is -0.309. The number of aromatic hydroxyl groups is 1. The Morgan fingerprint density at radius 3 is 2.78 bits per heavy atom. The molecule has 1 amide bonds. The smallest absolute Gasteiger partial charge is 0.266 e. The first-order valence-electron chi connectivity index (χ1n) is 6.30.